The van der Waals surface area contributed by atoms with Crippen molar-refractivity contribution in [3.8, 4) is 0 Å². The Morgan fingerprint density at radius 2 is 1.97 bits per heavy atom. The van der Waals surface area contributed by atoms with Crippen LogP contribution in [0.15, 0.2) is 42.5 Å². The number of carbonyl (C=O) groups excluding carboxylic acids is 4. The largest absolute Gasteiger partial charge is 0.463 e. The van der Waals surface area contributed by atoms with E-state index in [1.54, 1.807) is 13.0 Å². The van der Waals surface area contributed by atoms with Crippen LogP contribution in [-0.2, 0) is 30.5 Å². The first-order valence-corrected chi connectivity index (χ1v) is 12.8. The summed E-state index contributed by atoms with van der Waals surface area (Å²) < 4.78 is 10.5. The molecular weight excluding hydrogens is 478 g/mol. The van der Waals surface area contributed by atoms with E-state index >= 15 is 0 Å². The maximum Gasteiger partial charge on any atom is 0.407 e. The van der Waals surface area contributed by atoms with E-state index in [0.29, 0.717) is 38.6 Å². The van der Waals surface area contributed by atoms with Crippen LogP contribution in [-0.4, -0.2) is 60.8 Å². The molecule has 0 aromatic heterocycles. The lowest BCUT2D eigenvalue weighted by Crippen LogP contribution is -2.44. The molecule has 0 radical (unpaired) electrons. The van der Waals surface area contributed by atoms with Crippen molar-refractivity contribution < 1.29 is 33.8 Å². The second-order valence-electron chi connectivity index (χ2n) is 9.17. The molecule has 0 unspecified atom stereocenters. The summed E-state index contributed by atoms with van der Waals surface area (Å²) in [4.78, 5) is 49.2. The molecule has 10 nitrogen and oxygen atoms in total. The molecular formula is C27H39N3O7. The van der Waals surface area contributed by atoms with Crippen molar-refractivity contribution in [2.45, 2.75) is 70.6 Å². The van der Waals surface area contributed by atoms with Crippen molar-refractivity contribution in [3.63, 3.8) is 0 Å². The number of hydrogen-bond donors (Lipinski definition) is 4. The van der Waals surface area contributed by atoms with Gasteiger partial charge < -0.3 is 30.5 Å². The molecule has 0 spiro atoms. The van der Waals surface area contributed by atoms with Gasteiger partial charge in [0.2, 0.25) is 11.8 Å². The Bertz CT molecular complexity index is 891. The van der Waals surface area contributed by atoms with E-state index in [4.69, 9.17) is 14.6 Å². The van der Waals surface area contributed by atoms with Gasteiger partial charge in [0.25, 0.3) is 0 Å². The Labute approximate surface area is 218 Å². The number of aliphatic hydroxyl groups excluding tert-OH is 1. The fourth-order valence-corrected chi connectivity index (χ4v) is 3.73. The number of cyclic esters (lactones) is 1. The van der Waals surface area contributed by atoms with Gasteiger partial charge in [0.1, 0.15) is 13.2 Å². The molecule has 3 amide bonds. The molecule has 3 atom stereocenters. The summed E-state index contributed by atoms with van der Waals surface area (Å²) >= 11 is 0. The minimum absolute atomic E-state index is 0.0119. The first-order valence-electron chi connectivity index (χ1n) is 12.8. The fraction of sp³-hybridized carbons (Fsp3) is 0.556. The summed E-state index contributed by atoms with van der Waals surface area (Å²) in [7, 11) is 0. The Balaban J connectivity index is 1.82. The summed E-state index contributed by atoms with van der Waals surface area (Å²) in [6, 6.07) is 8.59. The van der Waals surface area contributed by atoms with Crippen molar-refractivity contribution >= 4 is 23.9 Å². The molecule has 0 saturated carbocycles. The van der Waals surface area contributed by atoms with Crippen molar-refractivity contribution in [1.82, 2.24) is 16.0 Å². The Kier molecular flexibility index (Phi) is 13.8. The lowest BCUT2D eigenvalue weighted by Gasteiger charge is -2.23. The van der Waals surface area contributed by atoms with E-state index in [9.17, 15) is 19.2 Å². The zero-order chi connectivity index (χ0) is 26.9. The smallest absolute Gasteiger partial charge is 0.407 e. The van der Waals surface area contributed by atoms with Gasteiger partial charge in [0.15, 0.2) is 0 Å². The number of benzene rings is 1. The first-order chi connectivity index (χ1) is 17.9. The molecule has 4 N–H and O–H groups in total. The fourth-order valence-electron chi connectivity index (χ4n) is 3.73. The van der Waals surface area contributed by atoms with E-state index in [1.165, 1.54) is 0 Å². The maximum absolute atomic E-state index is 13.0. The molecule has 1 aromatic rings. The molecule has 1 aliphatic heterocycles. The third-order valence-corrected chi connectivity index (χ3v) is 5.84. The number of rotatable bonds is 11. The quantitative estimate of drug-likeness (QED) is 0.200. The number of alkyl carbamates (subject to hydrolysis) is 1. The second-order valence-corrected chi connectivity index (χ2v) is 9.17. The molecule has 37 heavy (non-hydrogen) atoms. The third-order valence-electron chi connectivity index (χ3n) is 5.84. The van der Waals surface area contributed by atoms with Gasteiger partial charge >= 0.3 is 12.1 Å². The zero-order valence-corrected chi connectivity index (χ0v) is 21.4. The highest BCUT2D eigenvalue weighted by Crippen LogP contribution is 2.14. The third kappa shape index (κ3) is 12.9. The maximum atomic E-state index is 13.0. The van der Waals surface area contributed by atoms with Gasteiger partial charge in [-0.25, -0.2) is 4.79 Å². The van der Waals surface area contributed by atoms with E-state index < -0.39 is 24.1 Å². The normalized spacial score (nSPS) is 19.4. The number of esters is 1. The van der Waals surface area contributed by atoms with Crippen LogP contribution in [0.3, 0.4) is 0 Å². The van der Waals surface area contributed by atoms with Crippen LogP contribution in [0.1, 0.15) is 57.4 Å². The number of allylic oxidation sites excluding steroid dienone is 2. The van der Waals surface area contributed by atoms with Gasteiger partial charge in [-0.3, -0.25) is 14.4 Å². The highest BCUT2D eigenvalue weighted by Gasteiger charge is 2.25. The summed E-state index contributed by atoms with van der Waals surface area (Å²) in [6.07, 6.45) is 6.06. The van der Waals surface area contributed by atoms with E-state index in [1.807, 2.05) is 36.4 Å². The standard InChI is InChI=1S/C27H39N3O7/c1-20(17-31)29-24(32)16-22-12-6-3-7-14-25(33)36-19-23(30-26(22)34)13-8-9-15-28-27(35)37-18-21-10-4-2-5-11-21/h2-6,10-11,20,22-23,31H,7-9,12-19H2,1H3,(H,28,35)(H,29,32)(H,30,34)/t20-,22-,23+/m1/s1. The zero-order valence-electron chi connectivity index (χ0n) is 21.4. The SMILES string of the molecule is C[C@H](CO)NC(=O)C[C@H]1CC=CCCC(=O)OC[C@H](CCCCNC(=O)OCc2ccccc2)NC1=O. The van der Waals surface area contributed by atoms with Crippen LogP contribution < -0.4 is 16.0 Å². The number of nitrogens with one attached hydrogen (secondary N) is 3. The summed E-state index contributed by atoms with van der Waals surface area (Å²) in [5.41, 5.74) is 0.902. The molecule has 0 fully saturated rings. The molecule has 1 aliphatic rings. The Morgan fingerprint density at radius 3 is 2.73 bits per heavy atom. The molecule has 0 bridgehead atoms. The molecule has 2 rings (SSSR count). The second kappa shape index (κ2) is 17.1. The van der Waals surface area contributed by atoms with Gasteiger partial charge in [0, 0.05) is 25.4 Å². The number of amides is 3. The lowest BCUT2D eigenvalue weighted by atomic mass is 9.97. The number of aliphatic hydroxyl groups is 1. The molecule has 0 saturated heterocycles. The van der Waals surface area contributed by atoms with Crippen LogP contribution in [0.2, 0.25) is 0 Å². The topological polar surface area (TPSA) is 143 Å². The highest BCUT2D eigenvalue weighted by atomic mass is 16.5. The van der Waals surface area contributed by atoms with E-state index in [0.717, 1.165) is 5.56 Å². The molecule has 10 heteroatoms. The highest BCUT2D eigenvalue weighted by molar-refractivity contribution is 5.86. The van der Waals surface area contributed by atoms with Crippen LogP contribution >= 0.6 is 0 Å². The molecule has 1 aromatic carbocycles. The van der Waals surface area contributed by atoms with Crippen LogP contribution in [0.25, 0.3) is 0 Å². The minimum Gasteiger partial charge on any atom is -0.463 e. The van der Waals surface area contributed by atoms with Crippen LogP contribution in [0, 0.1) is 5.92 Å². The number of ether oxygens (including phenoxy) is 2. The van der Waals surface area contributed by atoms with Crippen LogP contribution in [0.5, 0.6) is 0 Å². The van der Waals surface area contributed by atoms with Gasteiger partial charge in [-0.05, 0) is 44.6 Å². The van der Waals surface area contributed by atoms with Crippen molar-refractivity contribution in [2.75, 3.05) is 19.8 Å². The monoisotopic (exact) mass is 517 g/mol. The van der Waals surface area contributed by atoms with Crippen molar-refractivity contribution in [2.24, 2.45) is 5.92 Å². The average molecular weight is 518 g/mol. The average Bonchev–Trinajstić information content (AvgIpc) is 2.89. The van der Waals surface area contributed by atoms with Gasteiger partial charge in [0.05, 0.1) is 18.6 Å². The Hall–Kier alpha value is -3.40. The van der Waals surface area contributed by atoms with Crippen LogP contribution in [0.4, 0.5) is 4.79 Å². The number of unbranched alkanes of at least 4 members (excludes halogenated alkanes) is 1. The predicted octanol–water partition coefficient (Wildman–Crippen LogP) is 2.35. The van der Waals surface area contributed by atoms with Crippen molar-refractivity contribution in [1.29, 1.82) is 0 Å². The lowest BCUT2D eigenvalue weighted by molar-refractivity contribution is -0.145. The summed E-state index contributed by atoms with van der Waals surface area (Å²) in [5, 5.41) is 17.5. The predicted molar refractivity (Wildman–Crippen MR) is 137 cm³/mol. The first kappa shape index (κ1) is 29.8. The van der Waals surface area contributed by atoms with E-state index in [-0.39, 0.29) is 50.4 Å². The van der Waals surface area contributed by atoms with Gasteiger partial charge in [-0.1, -0.05) is 42.5 Å². The van der Waals surface area contributed by atoms with Crippen molar-refractivity contribution in [3.05, 3.63) is 48.0 Å². The summed E-state index contributed by atoms with van der Waals surface area (Å²) in [6.45, 7) is 2.14. The van der Waals surface area contributed by atoms with E-state index in [2.05, 4.69) is 16.0 Å². The molecule has 1 heterocycles. The minimum atomic E-state index is -0.583. The Morgan fingerprint density at radius 1 is 1.19 bits per heavy atom. The molecule has 204 valence electrons. The summed E-state index contributed by atoms with van der Waals surface area (Å²) in [5.74, 6) is -1.52. The van der Waals surface area contributed by atoms with Gasteiger partial charge in [-0.2, -0.15) is 0 Å². The number of carbonyl (C=O) groups is 4. The number of hydrogen-bond acceptors (Lipinski definition) is 7. The molecule has 0 aliphatic carbocycles. The van der Waals surface area contributed by atoms with Gasteiger partial charge in [-0.15, -0.1) is 0 Å².